The summed E-state index contributed by atoms with van der Waals surface area (Å²) in [4.78, 5) is 15.9. The average molecular weight is 302 g/mol. The number of hydrogen-bond donors (Lipinski definition) is 1. The lowest BCUT2D eigenvalue weighted by atomic mass is 10.0. The quantitative estimate of drug-likeness (QED) is 0.914. The summed E-state index contributed by atoms with van der Waals surface area (Å²) in [5.74, 6) is 1.82. The van der Waals surface area contributed by atoms with Crippen LogP contribution in [-0.2, 0) is 4.79 Å². The van der Waals surface area contributed by atoms with Crippen molar-refractivity contribution in [2.45, 2.75) is 26.3 Å². The van der Waals surface area contributed by atoms with Gasteiger partial charge in [0.15, 0.2) is 0 Å². The minimum atomic E-state index is -0.233. The zero-order valence-electron chi connectivity index (χ0n) is 12.6. The van der Waals surface area contributed by atoms with Crippen molar-refractivity contribution in [3.8, 4) is 11.5 Å². The van der Waals surface area contributed by atoms with Crippen LogP contribution in [-0.4, -0.2) is 33.9 Å². The number of rotatable bonds is 5. The molecular formula is C15H18N4O3. The Morgan fingerprint density at radius 1 is 1.32 bits per heavy atom. The first-order chi connectivity index (χ1) is 10.7. The van der Waals surface area contributed by atoms with E-state index < -0.39 is 0 Å². The normalized spacial score (nSPS) is 16.8. The van der Waals surface area contributed by atoms with Crippen LogP contribution in [0.1, 0.15) is 31.9 Å². The number of amides is 1. The third kappa shape index (κ3) is 2.61. The van der Waals surface area contributed by atoms with Gasteiger partial charge < -0.3 is 9.47 Å². The summed E-state index contributed by atoms with van der Waals surface area (Å²) in [6, 6.07) is 5.42. The van der Waals surface area contributed by atoms with Crippen molar-refractivity contribution in [1.29, 1.82) is 0 Å². The second kappa shape index (κ2) is 6.05. The molecule has 1 amide bonds. The van der Waals surface area contributed by atoms with E-state index in [1.165, 1.54) is 6.33 Å². The number of hydrogen-bond acceptors (Lipinski definition) is 5. The standard InChI is InChI=1S/C15H18N4O3/c1-3-21-10-5-6-11(13(7-10)22-4-2)12-8-14(20)18-15-16-9-17-19(12)15/h5-7,9,12H,3-4,8H2,1-2H3,(H,16,17,18,20). The molecule has 116 valence electrons. The van der Waals surface area contributed by atoms with Crippen molar-refractivity contribution in [3.63, 3.8) is 0 Å². The number of nitrogens with zero attached hydrogens (tertiary/aromatic N) is 3. The summed E-state index contributed by atoms with van der Waals surface area (Å²) >= 11 is 0. The molecule has 7 heteroatoms. The third-order valence-electron chi connectivity index (χ3n) is 3.45. The van der Waals surface area contributed by atoms with Gasteiger partial charge in [-0.15, -0.1) is 0 Å². The molecule has 0 radical (unpaired) electrons. The molecule has 0 bridgehead atoms. The molecule has 2 heterocycles. The van der Waals surface area contributed by atoms with Gasteiger partial charge in [-0.25, -0.2) is 4.68 Å². The van der Waals surface area contributed by atoms with Crippen LogP contribution in [0.2, 0.25) is 0 Å². The fourth-order valence-electron chi connectivity index (χ4n) is 2.57. The summed E-state index contributed by atoms with van der Waals surface area (Å²) in [6.07, 6.45) is 1.73. The molecule has 0 aliphatic carbocycles. The van der Waals surface area contributed by atoms with Gasteiger partial charge in [-0.05, 0) is 26.0 Å². The fourth-order valence-corrected chi connectivity index (χ4v) is 2.57. The number of anilines is 1. The zero-order chi connectivity index (χ0) is 15.5. The summed E-state index contributed by atoms with van der Waals surface area (Å²) in [7, 11) is 0. The topological polar surface area (TPSA) is 78.3 Å². The summed E-state index contributed by atoms with van der Waals surface area (Å²) < 4.78 is 13.0. The van der Waals surface area contributed by atoms with Crippen LogP contribution in [0.4, 0.5) is 5.95 Å². The maximum atomic E-state index is 11.9. The molecule has 0 fully saturated rings. The van der Waals surface area contributed by atoms with Crippen molar-refractivity contribution in [2.75, 3.05) is 18.5 Å². The minimum absolute atomic E-state index is 0.0816. The highest BCUT2D eigenvalue weighted by Crippen LogP contribution is 2.36. The fraction of sp³-hybridized carbons (Fsp3) is 0.400. The van der Waals surface area contributed by atoms with Crippen LogP contribution in [0.15, 0.2) is 24.5 Å². The first-order valence-electron chi connectivity index (χ1n) is 7.31. The number of nitrogens with one attached hydrogen (secondary N) is 1. The van der Waals surface area contributed by atoms with Crippen LogP contribution >= 0.6 is 0 Å². The molecule has 1 aromatic heterocycles. The van der Waals surface area contributed by atoms with E-state index in [1.54, 1.807) is 4.68 Å². The van der Waals surface area contributed by atoms with Gasteiger partial charge in [0.1, 0.15) is 17.8 Å². The van der Waals surface area contributed by atoms with Crippen molar-refractivity contribution in [1.82, 2.24) is 14.8 Å². The van der Waals surface area contributed by atoms with Gasteiger partial charge in [0.05, 0.1) is 25.7 Å². The van der Waals surface area contributed by atoms with Crippen LogP contribution < -0.4 is 14.8 Å². The summed E-state index contributed by atoms with van der Waals surface area (Å²) in [5, 5.41) is 6.92. The van der Waals surface area contributed by atoms with Gasteiger partial charge >= 0.3 is 0 Å². The van der Waals surface area contributed by atoms with Crippen LogP contribution in [0.3, 0.4) is 0 Å². The van der Waals surface area contributed by atoms with Gasteiger partial charge in [-0.2, -0.15) is 10.1 Å². The number of carbonyl (C=O) groups is 1. The molecule has 1 aromatic carbocycles. The molecule has 1 unspecified atom stereocenters. The highest BCUT2D eigenvalue weighted by atomic mass is 16.5. The van der Waals surface area contributed by atoms with Crippen molar-refractivity contribution in [2.24, 2.45) is 0 Å². The molecule has 0 saturated heterocycles. The van der Waals surface area contributed by atoms with Crippen molar-refractivity contribution in [3.05, 3.63) is 30.1 Å². The molecule has 7 nitrogen and oxygen atoms in total. The molecule has 3 rings (SSSR count). The molecule has 1 atom stereocenters. The van der Waals surface area contributed by atoms with E-state index in [0.29, 0.717) is 31.3 Å². The van der Waals surface area contributed by atoms with Gasteiger partial charge in [-0.3, -0.25) is 10.1 Å². The summed E-state index contributed by atoms with van der Waals surface area (Å²) in [5.41, 5.74) is 0.895. The number of carbonyl (C=O) groups excluding carboxylic acids is 1. The van der Waals surface area contributed by atoms with E-state index in [4.69, 9.17) is 9.47 Å². The third-order valence-corrected chi connectivity index (χ3v) is 3.45. The second-order valence-corrected chi connectivity index (χ2v) is 4.86. The molecule has 1 aliphatic rings. The molecule has 0 spiro atoms. The summed E-state index contributed by atoms with van der Waals surface area (Å²) in [6.45, 7) is 4.97. The SMILES string of the molecule is CCOc1ccc(C2CC(=O)Nc3ncnn32)c(OCC)c1. The first-order valence-corrected chi connectivity index (χ1v) is 7.31. The average Bonchev–Trinajstić information content (AvgIpc) is 2.96. The maximum absolute atomic E-state index is 11.9. The Morgan fingerprint density at radius 2 is 2.14 bits per heavy atom. The lowest BCUT2D eigenvalue weighted by Gasteiger charge is -2.25. The second-order valence-electron chi connectivity index (χ2n) is 4.86. The predicted octanol–water partition coefficient (Wildman–Crippen LogP) is 2.01. The van der Waals surface area contributed by atoms with E-state index in [9.17, 15) is 4.79 Å². The highest BCUT2D eigenvalue weighted by molar-refractivity contribution is 5.91. The zero-order valence-corrected chi connectivity index (χ0v) is 12.6. The molecule has 2 aromatic rings. The van der Waals surface area contributed by atoms with Crippen molar-refractivity contribution < 1.29 is 14.3 Å². The number of benzene rings is 1. The van der Waals surface area contributed by atoms with Gasteiger partial charge in [0.25, 0.3) is 0 Å². The largest absolute Gasteiger partial charge is 0.494 e. The van der Waals surface area contributed by atoms with Crippen molar-refractivity contribution >= 4 is 11.9 Å². The lowest BCUT2D eigenvalue weighted by Crippen LogP contribution is -2.29. The molecule has 22 heavy (non-hydrogen) atoms. The van der Waals surface area contributed by atoms with E-state index in [1.807, 2.05) is 32.0 Å². The lowest BCUT2D eigenvalue weighted by molar-refractivity contribution is -0.117. The first kappa shape index (κ1) is 14.4. The Hall–Kier alpha value is -2.57. The Morgan fingerprint density at radius 3 is 2.91 bits per heavy atom. The smallest absolute Gasteiger partial charge is 0.229 e. The monoisotopic (exact) mass is 302 g/mol. The van der Waals surface area contributed by atoms with Crippen LogP contribution in [0, 0.1) is 0 Å². The maximum Gasteiger partial charge on any atom is 0.229 e. The van der Waals surface area contributed by atoms with Crippen LogP contribution in [0.5, 0.6) is 11.5 Å². The van der Waals surface area contributed by atoms with E-state index in [-0.39, 0.29) is 11.9 Å². The molecule has 1 N–H and O–H groups in total. The number of aromatic nitrogens is 3. The minimum Gasteiger partial charge on any atom is -0.494 e. The Labute approximate surface area is 128 Å². The molecule has 0 saturated carbocycles. The van der Waals surface area contributed by atoms with E-state index in [0.717, 1.165) is 11.3 Å². The predicted molar refractivity (Wildman–Crippen MR) is 80.2 cm³/mol. The highest BCUT2D eigenvalue weighted by Gasteiger charge is 2.29. The van der Waals surface area contributed by atoms with Gasteiger partial charge in [0, 0.05) is 11.6 Å². The number of fused-ring (bicyclic) bond motifs is 1. The van der Waals surface area contributed by atoms with Gasteiger partial charge in [-0.1, -0.05) is 0 Å². The van der Waals surface area contributed by atoms with Crippen LogP contribution in [0.25, 0.3) is 0 Å². The Bertz CT molecular complexity index is 683. The molecular weight excluding hydrogens is 284 g/mol. The van der Waals surface area contributed by atoms with E-state index >= 15 is 0 Å². The Kier molecular flexibility index (Phi) is 3.95. The Balaban J connectivity index is 2.02. The van der Waals surface area contributed by atoms with Gasteiger partial charge in [0.2, 0.25) is 11.9 Å². The molecule has 1 aliphatic heterocycles. The number of ether oxygens (including phenoxy) is 2. The van der Waals surface area contributed by atoms with E-state index in [2.05, 4.69) is 15.4 Å².